The molecule has 0 radical (unpaired) electrons. The molecule has 7 fully saturated rings. The Balaban J connectivity index is 1.13. The van der Waals surface area contributed by atoms with E-state index in [1.807, 2.05) is 0 Å². The highest BCUT2D eigenvalue weighted by atomic mass is 16.8. The van der Waals surface area contributed by atoms with Gasteiger partial charge < -0.3 is 54.7 Å². The average Bonchev–Trinajstić information content (AvgIpc) is 3.52. The highest BCUT2D eigenvalue weighted by Crippen LogP contribution is 2.77. The summed E-state index contributed by atoms with van der Waals surface area (Å²) in [5, 5.41) is 74.3. The second-order valence-electron chi connectivity index (χ2n) is 20.1. The van der Waals surface area contributed by atoms with Gasteiger partial charge in [-0.2, -0.15) is 0 Å². The summed E-state index contributed by atoms with van der Waals surface area (Å²) >= 11 is 0. The summed E-state index contributed by atoms with van der Waals surface area (Å²) in [4.78, 5) is 13.1. The molecule has 20 atom stereocenters. The number of aliphatic hydroxyl groups excluding tert-OH is 6. The zero-order valence-corrected chi connectivity index (χ0v) is 33.4. The number of carboxylic acid groups (broad SMARTS) is 1. The Morgan fingerprint density at radius 3 is 2.09 bits per heavy atom. The normalized spacial score (nSPS) is 55.5. The molecule has 7 aliphatic rings. The van der Waals surface area contributed by atoms with Crippen LogP contribution in [0.5, 0.6) is 0 Å². The van der Waals surface area contributed by atoms with Crippen LogP contribution in [-0.2, 0) is 23.7 Å². The van der Waals surface area contributed by atoms with Crippen molar-refractivity contribution in [1.82, 2.24) is 0 Å². The van der Waals surface area contributed by atoms with E-state index in [1.165, 1.54) is 6.92 Å². The van der Waals surface area contributed by atoms with Crippen LogP contribution in [0.25, 0.3) is 0 Å². The molecule has 0 bridgehead atoms. The van der Waals surface area contributed by atoms with Gasteiger partial charge in [-0.3, -0.25) is 4.79 Å². The topological polar surface area (TPSA) is 196 Å². The quantitative estimate of drug-likeness (QED) is 0.147. The lowest BCUT2D eigenvalue weighted by Crippen LogP contribution is -2.68. The summed E-state index contributed by atoms with van der Waals surface area (Å²) in [6.45, 7) is 19.4. The Morgan fingerprint density at radius 1 is 0.741 bits per heavy atom. The molecule has 5 aliphatic carbocycles. The molecule has 7 rings (SSSR count). The van der Waals surface area contributed by atoms with E-state index in [1.54, 1.807) is 0 Å². The smallest absolute Gasteiger partial charge is 0.309 e. The molecule has 0 aromatic rings. The van der Waals surface area contributed by atoms with Gasteiger partial charge in [-0.15, -0.1) is 0 Å². The number of hydrogen-bond acceptors (Lipinski definition) is 11. The van der Waals surface area contributed by atoms with Crippen molar-refractivity contribution in [2.24, 2.45) is 56.7 Å². The van der Waals surface area contributed by atoms with E-state index in [0.717, 1.165) is 63.4 Å². The van der Waals surface area contributed by atoms with Crippen molar-refractivity contribution in [3.63, 3.8) is 0 Å². The molecule has 2 heterocycles. The lowest BCUT2D eigenvalue weighted by atomic mass is 9.32. The molecule has 2 aliphatic heterocycles. The third-order valence-electron chi connectivity index (χ3n) is 17.7. The molecule has 0 spiro atoms. The molecule has 0 unspecified atom stereocenters. The molecule has 308 valence electrons. The van der Waals surface area contributed by atoms with E-state index in [9.17, 15) is 40.5 Å². The van der Waals surface area contributed by atoms with Gasteiger partial charge in [-0.1, -0.05) is 46.8 Å². The lowest BCUT2D eigenvalue weighted by Gasteiger charge is -2.73. The maximum absolute atomic E-state index is 13.1. The zero-order valence-electron chi connectivity index (χ0n) is 33.4. The summed E-state index contributed by atoms with van der Waals surface area (Å²) in [6.07, 6.45) is -4.96. The minimum atomic E-state index is -1.64. The van der Waals surface area contributed by atoms with E-state index in [2.05, 4.69) is 48.1 Å². The van der Waals surface area contributed by atoms with Gasteiger partial charge in [-0.05, 0) is 129 Å². The van der Waals surface area contributed by atoms with E-state index >= 15 is 0 Å². The fourth-order valence-corrected chi connectivity index (χ4v) is 14.5. The van der Waals surface area contributed by atoms with Crippen LogP contribution in [0, 0.1) is 56.7 Å². The predicted molar refractivity (Wildman–Crippen MR) is 196 cm³/mol. The van der Waals surface area contributed by atoms with E-state index in [0.29, 0.717) is 18.3 Å². The first-order chi connectivity index (χ1) is 25.2. The molecule has 12 heteroatoms. The summed E-state index contributed by atoms with van der Waals surface area (Å²) in [7, 11) is 0. The second kappa shape index (κ2) is 14.0. The highest BCUT2D eigenvalue weighted by molar-refractivity contribution is 5.76. The number of rotatable bonds is 7. The van der Waals surface area contributed by atoms with Crippen LogP contribution < -0.4 is 0 Å². The highest BCUT2D eigenvalue weighted by Gasteiger charge is 2.72. The number of carboxylic acids is 1. The third kappa shape index (κ3) is 5.77. The van der Waals surface area contributed by atoms with Gasteiger partial charge in [0.1, 0.15) is 42.7 Å². The monoisotopic (exact) mass is 764 g/mol. The van der Waals surface area contributed by atoms with Crippen molar-refractivity contribution in [3.8, 4) is 0 Å². The first kappa shape index (κ1) is 41.0. The molecular weight excluding hydrogens is 696 g/mol. The maximum atomic E-state index is 13.1. The van der Waals surface area contributed by atoms with Gasteiger partial charge in [0, 0.05) is 0 Å². The Labute approximate surface area is 320 Å². The SMILES string of the molecule is C=C(C)[C@@H]1CC[C@]2(C(=O)O)CC[C@]3(C)[C@H](CC[C@@H]4[C@@]5(C)CC[C@H](O[C@@H]6O[C@@H](CO)[C@H](O)[C@@H](O)[C@H]6O[C@@H]6O[C@H](C)[C@@H](O)[C@H](O)[C@H]6O)C(C)(C)[C@@H]5CC[C@]43C)[C@@H]12. The molecule has 7 N–H and O–H groups in total. The van der Waals surface area contributed by atoms with Crippen molar-refractivity contribution in [2.45, 2.75) is 180 Å². The van der Waals surface area contributed by atoms with Crippen LogP contribution in [0.15, 0.2) is 12.2 Å². The largest absolute Gasteiger partial charge is 0.481 e. The van der Waals surface area contributed by atoms with Gasteiger partial charge >= 0.3 is 5.97 Å². The molecule has 0 aromatic carbocycles. The van der Waals surface area contributed by atoms with Gasteiger partial charge in [0.25, 0.3) is 0 Å². The van der Waals surface area contributed by atoms with Gasteiger partial charge in [0.15, 0.2) is 12.6 Å². The van der Waals surface area contributed by atoms with Crippen molar-refractivity contribution in [3.05, 3.63) is 12.2 Å². The van der Waals surface area contributed by atoms with Crippen LogP contribution >= 0.6 is 0 Å². The third-order valence-corrected chi connectivity index (χ3v) is 17.7. The van der Waals surface area contributed by atoms with Gasteiger partial charge in [0.05, 0.1) is 24.2 Å². The molecule has 54 heavy (non-hydrogen) atoms. The first-order valence-corrected chi connectivity index (χ1v) is 20.7. The predicted octanol–water partition coefficient (Wildman–Crippen LogP) is 3.77. The maximum Gasteiger partial charge on any atom is 0.309 e. The number of aliphatic carboxylic acids is 1. The number of ether oxygens (including phenoxy) is 4. The standard InChI is InChI=1S/C42H68O12/c1-20(2)22-11-16-42(37(49)50)18-17-40(7)23(28(22)42)9-10-26-39(6)14-13-27(38(4,5)25(39)12-15-41(26,40)8)53-36-34(32(47)30(45)24(19-43)52-36)54-35-33(48)31(46)29(44)21(3)51-35/h21-36,43-48H,1,9-19H2,2-8H3,(H,49,50)/t21-,22+,23-,24+,25+,26-,27+,28-,29-,30+,31+,32-,33-,34-,35+,36+,39+,40-,41-,42+/m1/s1. The van der Waals surface area contributed by atoms with Crippen molar-refractivity contribution >= 4 is 5.97 Å². The van der Waals surface area contributed by atoms with E-state index in [-0.39, 0.29) is 45.5 Å². The second-order valence-corrected chi connectivity index (χ2v) is 20.1. The number of carbonyl (C=O) groups is 1. The number of aliphatic hydroxyl groups is 6. The number of hydrogen-bond donors (Lipinski definition) is 7. The molecule has 0 amide bonds. The number of fused-ring (bicyclic) bond motifs is 7. The van der Waals surface area contributed by atoms with E-state index in [4.69, 9.17) is 18.9 Å². The summed E-state index contributed by atoms with van der Waals surface area (Å²) in [5.41, 5.74) is 0.158. The Hall–Kier alpha value is -1.19. The summed E-state index contributed by atoms with van der Waals surface area (Å²) < 4.78 is 24.6. The van der Waals surface area contributed by atoms with E-state index < -0.39 is 79.4 Å². The average molecular weight is 765 g/mol. The Morgan fingerprint density at radius 2 is 1.44 bits per heavy atom. The minimum absolute atomic E-state index is 0.00503. The molecule has 2 saturated heterocycles. The molecule has 5 saturated carbocycles. The Kier molecular flexibility index (Phi) is 10.6. The van der Waals surface area contributed by atoms with Crippen molar-refractivity contribution in [2.75, 3.05) is 6.61 Å². The lowest BCUT2D eigenvalue weighted by molar-refractivity contribution is -0.376. The van der Waals surface area contributed by atoms with Gasteiger partial charge in [0.2, 0.25) is 0 Å². The number of allylic oxidation sites excluding steroid dienone is 1. The van der Waals surface area contributed by atoms with Crippen molar-refractivity contribution < 1.29 is 59.5 Å². The molecule has 0 aromatic heterocycles. The zero-order chi connectivity index (χ0) is 39.5. The van der Waals surface area contributed by atoms with Gasteiger partial charge in [-0.25, -0.2) is 0 Å². The van der Waals surface area contributed by atoms with Crippen LogP contribution in [0.3, 0.4) is 0 Å². The molecule has 12 nitrogen and oxygen atoms in total. The minimum Gasteiger partial charge on any atom is -0.481 e. The fourth-order valence-electron chi connectivity index (χ4n) is 14.5. The van der Waals surface area contributed by atoms with Crippen LogP contribution in [0.1, 0.15) is 113 Å². The fraction of sp³-hybridized carbons (Fsp3) is 0.929. The van der Waals surface area contributed by atoms with Crippen LogP contribution in [0.4, 0.5) is 0 Å². The summed E-state index contributed by atoms with van der Waals surface area (Å²) in [5.74, 6) is 0.814. The molecular formula is C42H68O12. The Bertz CT molecular complexity index is 1440. The van der Waals surface area contributed by atoms with Crippen molar-refractivity contribution in [1.29, 1.82) is 0 Å². The van der Waals surface area contributed by atoms with Crippen LogP contribution in [0.2, 0.25) is 0 Å². The van der Waals surface area contributed by atoms with Crippen LogP contribution in [-0.4, -0.2) is 116 Å². The first-order valence-electron chi connectivity index (χ1n) is 20.7. The summed E-state index contributed by atoms with van der Waals surface area (Å²) in [6, 6.07) is 0.